The number of rotatable bonds is 8. The van der Waals surface area contributed by atoms with Crippen LogP contribution in [0, 0.1) is 13.8 Å². The molecule has 3 heterocycles. The SMILES string of the molecule is Cc1ccc(C)c(Cn2nnc3c(=O)[nH]c(C4CCN(S(=O)(=O)c5ccc(S(=O)(=O)NC6CCCC6)cc5)CC4)nc32)c1. The first-order valence-electron chi connectivity index (χ1n) is 14.5. The molecule has 2 fully saturated rings. The number of hydrogen-bond acceptors (Lipinski definition) is 8. The summed E-state index contributed by atoms with van der Waals surface area (Å²) >= 11 is 0. The molecular formula is C29H35N7O5S2. The Bertz CT molecular complexity index is 1920. The average molecular weight is 626 g/mol. The van der Waals surface area contributed by atoms with E-state index in [-0.39, 0.29) is 45.9 Å². The van der Waals surface area contributed by atoms with E-state index in [2.05, 4.69) is 26.1 Å². The maximum Gasteiger partial charge on any atom is 0.281 e. The van der Waals surface area contributed by atoms with Crippen molar-refractivity contribution in [3.05, 3.63) is 75.3 Å². The molecule has 2 N–H and O–H groups in total. The third-order valence-electron chi connectivity index (χ3n) is 8.51. The summed E-state index contributed by atoms with van der Waals surface area (Å²) in [7, 11) is -7.55. The Labute approximate surface area is 250 Å². The highest BCUT2D eigenvalue weighted by Gasteiger charge is 2.32. The summed E-state index contributed by atoms with van der Waals surface area (Å²) in [6.07, 6.45) is 4.54. The second-order valence-electron chi connectivity index (χ2n) is 11.6. The summed E-state index contributed by atoms with van der Waals surface area (Å²) in [6.45, 7) is 4.93. The number of nitrogens with one attached hydrogen (secondary N) is 2. The van der Waals surface area contributed by atoms with Gasteiger partial charge in [-0.05, 0) is 74.9 Å². The fraction of sp³-hybridized carbons (Fsp3) is 0.448. The van der Waals surface area contributed by atoms with Crippen LogP contribution in [0.5, 0.6) is 0 Å². The molecule has 1 aliphatic carbocycles. The fourth-order valence-electron chi connectivity index (χ4n) is 5.96. The van der Waals surface area contributed by atoms with Gasteiger partial charge in [0.05, 0.1) is 16.3 Å². The van der Waals surface area contributed by atoms with E-state index in [0.29, 0.717) is 30.9 Å². The standard InChI is InChI=1S/C29H35N7O5S2/c1-19-7-8-20(2)22(17-19)18-36-28-26(32-34-36)29(37)31-27(30-28)21-13-15-35(16-14-21)43(40,41)25-11-9-24(10-12-25)42(38,39)33-23-5-3-4-6-23/h7-12,17,21,23,33H,3-6,13-16,18H2,1-2H3,(H,30,31,37). The quantitative estimate of drug-likeness (QED) is 0.302. The first kappa shape index (κ1) is 29.6. The lowest BCUT2D eigenvalue weighted by Crippen LogP contribution is -2.38. The predicted molar refractivity (Wildman–Crippen MR) is 161 cm³/mol. The molecule has 0 unspecified atom stereocenters. The molecule has 0 amide bonds. The van der Waals surface area contributed by atoms with Crippen molar-refractivity contribution < 1.29 is 16.8 Å². The molecule has 0 spiro atoms. The molecule has 43 heavy (non-hydrogen) atoms. The van der Waals surface area contributed by atoms with Gasteiger partial charge in [0.2, 0.25) is 20.0 Å². The molecule has 1 saturated carbocycles. The molecular weight excluding hydrogens is 590 g/mol. The Kier molecular flexibility index (Phi) is 7.96. The molecule has 14 heteroatoms. The number of fused-ring (bicyclic) bond motifs is 1. The summed E-state index contributed by atoms with van der Waals surface area (Å²) < 4.78 is 58.0. The molecule has 6 rings (SSSR count). The minimum atomic E-state index is -3.83. The smallest absolute Gasteiger partial charge is 0.281 e. The number of nitrogens with zero attached hydrogens (tertiary/aromatic N) is 5. The van der Waals surface area contributed by atoms with E-state index in [0.717, 1.165) is 42.4 Å². The van der Waals surface area contributed by atoms with Crippen LogP contribution in [0.2, 0.25) is 0 Å². The highest BCUT2D eigenvalue weighted by molar-refractivity contribution is 7.89. The van der Waals surface area contributed by atoms with Crippen molar-refractivity contribution in [1.82, 2.24) is 34.0 Å². The number of aromatic amines is 1. The Morgan fingerprint density at radius 3 is 2.30 bits per heavy atom. The molecule has 4 aromatic rings. The van der Waals surface area contributed by atoms with Gasteiger partial charge in [-0.1, -0.05) is 41.8 Å². The summed E-state index contributed by atoms with van der Waals surface area (Å²) in [5.41, 5.74) is 3.47. The molecule has 0 bridgehead atoms. The molecule has 12 nitrogen and oxygen atoms in total. The molecule has 228 valence electrons. The second kappa shape index (κ2) is 11.6. The van der Waals surface area contributed by atoms with Crippen molar-refractivity contribution in [2.75, 3.05) is 13.1 Å². The van der Waals surface area contributed by atoms with Crippen LogP contribution in [0.25, 0.3) is 11.2 Å². The van der Waals surface area contributed by atoms with Gasteiger partial charge in [0.15, 0.2) is 11.2 Å². The van der Waals surface area contributed by atoms with Crippen LogP contribution in [0.4, 0.5) is 0 Å². The third-order valence-corrected chi connectivity index (χ3v) is 12.0. The maximum absolute atomic E-state index is 13.4. The lowest BCUT2D eigenvalue weighted by Gasteiger charge is -2.30. The zero-order valence-electron chi connectivity index (χ0n) is 24.2. The summed E-state index contributed by atoms with van der Waals surface area (Å²) in [5.74, 6) is 0.338. The molecule has 0 atom stereocenters. The van der Waals surface area contributed by atoms with E-state index in [1.54, 1.807) is 4.68 Å². The molecule has 0 radical (unpaired) electrons. The largest absolute Gasteiger partial charge is 0.308 e. The summed E-state index contributed by atoms with van der Waals surface area (Å²) in [4.78, 5) is 20.5. The Balaban J connectivity index is 1.16. The van der Waals surface area contributed by atoms with Crippen LogP contribution in [0.3, 0.4) is 0 Å². The zero-order chi connectivity index (χ0) is 30.4. The molecule has 1 aliphatic heterocycles. The first-order valence-corrected chi connectivity index (χ1v) is 17.5. The van der Waals surface area contributed by atoms with Crippen LogP contribution in [0.15, 0.2) is 57.1 Å². The third kappa shape index (κ3) is 6.01. The normalized spacial score (nSPS) is 17.6. The predicted octanol–water partition coefficient (Wildman–Crippen LogP) is 2.97. The van der Waals surface area contributed by atoms with Crippen molar-refractivity contribution in [3.8, 4) is 0 Å². The van der Waals surface area contributed by atoms with Gasteiger partial charge in [-0.25, -0.2) is 31.2 Å². The number of H-pyrrole nitrogens is 1. The Morgan fingerprint density at radius 2 is 1.60 bits per heavy atom. The molecule has 2 aromatic heterocycles. The minimum Gasteiger partial charge on any atom is -0.308 e. The van der Waals surface area contributed by atoms with E-state index in [1.807, 2.05) is 26.0 Å². The summed E-state index contributed by atoms with van der Waals surface area (Å²) in [6, 6.07) is 11.5. The highest BCUT2D eigenvalue weighted by atomic mass is 32.2. The van der Waals surface area contributed by atoms with E-state index in [1.165, 1.54) is 28.6 Å². The number of aromatic nitrogens is 5. The molecule has 1 saturated heterocycles. The maximum atomic E-state index is 13.4. The fourth-order valence-corrected chi connectivity index (χ4v) is 8.73. The van der Waals surface area contributed by atoms with Gasteiger partial charge >= 0.3 is 0 Å². The number of benzene rings is 2. The van der Waals surface area contributed by atoms with Crippen LogP contribution >= 0.6 is 0 Å². The number of sulfonamides is 2. The molecule has 2 aromatic carbocycles. The van der Waals surface area contributed by atoms with Crippen LogP contribution in [-0.4, -0.2) is 65.2 Å². The minimum absolute atomic E-state index is 0.0418. The number of aryl methyl sites for hydroxylation is 2. The van der Waals surface area contributed by atoms with Gasteiger partial charge in [0.25, 0.3) is 5.56 Å². The van der Waals surface area contributed by atoms with Gasteiger partial charge < -0.3 is 4.98 Å². The van der Waals surface area contributed by atoms with Crippen LogP contribution in [-0.2, 0) is 26.6 Å². The van der Waals surface area contributed by atoms with E-state index < -0.39 is 20.0 Å². The van der Waals surface area contributed by atoms with Crippen LogP contribution in [0.1, 0.15) is 67.0 Å². The van der Waals surface area contributed by atoms with Crippen molar-refractivity contribution in [3.63, 3.8) is 0 Å². The molecule has 2 aliphatic rings. The Hall–Kier alpha value is -3.46. The van der Waals surface area contributed by atoms with Crippen LogP contribution < -0.4 is 10.3 Å². The Morgan fingerprint density at radius 1 is 0.930 bits per heavy atom. The van der Waals surface area contributed by atoms with Crippen molar-refractivity contribution in [2.45, 2.75) is 80.7 Å². The van der Waals surface area contributed by atoms with E-state index in [4.69, 9.17) is 4.98 Å². The average Bonchev–Trinajstić information content (AvgIpc) is 3.65. The van der Waals surface area contributed by atoms with Gasteiger partial charge in [-0.15, -0.1) is 5.10 Å². The monoisotopic (exact) mass is 625 g/mol. The van der Waals surface area contributed by atoms with Gasteiger partial charge in [0.1, 0.15) is 5.82 Å². The van der Waals surface area contributed by atoms with Gasteiger partial charge in [-0.3, -0.25) is 4.79 Å². The first-order chi connectivity index (χ1) is 20.5. The topological polar surface area (TPSA) is 160 Å². The lowest BCUT2D eigenvalue weighted by atomic mass is 9.97. The van der Waals surface area contributed by atoms with E-state index >= 15 is 0 Å². The highest BCUT2D eigenvalue weighted by Crippen LogP contribution is 2.30. The summed E-state index contributed by atoms with van der Waals surface area (Å²) in [5, 5.41) is 8.24. The second-order valence-corrected chi connectivity index (χ2v) is 15.2. The van der Waals surface area contributed by atoms with Crippen molar-refractivity contribution >= 4 is 31.2 Å². The van der Waals surface area contributed by atoms with E-state index in [9.17, 15) is 21.6 Å². The lowest BCUT2D eigenvalue weighted by molar-refractivity contribution is 0.313. The number of hydrogen-bond donors (Lipinski definition) is 2. The van der Waals surface area contributed by atoms with Crippen molar-refractivity contribution in [2.24, 2.45) is 0 Å². The van der Waals surface area contributed by atoms with Crippen molar-refractivity contribution in [1.29, 1.82) is 0 Å². The van der Waals surface area contributed by atoms with Gasteiger partial charge in [-0.2, -0.15) is 4.31 Å². The number of piperidine rings is 1. The zero-order valence-corrected chi connectivity index (χ0v) is 25.8. The van der Waals surface area contributed by atoms with Gasteiger partial charge in [0, 0.05) is 25.0 Å².